The van der Waals surface area contributed by atoms with Crippen molar-refractivity contribution in [1.82, 2.24) is 20.2 Å². The van der Waals surface area contributed by atoms with Crippen LogP contribution in [0.2, 0.25) is 0 Å². The lowest BCUT2D eigenvalue weighted by Gasteiger charge is -2.34. The molecule has 0 bridgehead atoms. The third kappa shape index (κ3) is 2.43. The zero-order valence-electron chi connectivity index (χ0n) is 11.0. The van der Waals surface area contributed by atoms with Crippen LogP contribution in [0.5, 0.6) is 0 Å². The summed E-state index contributed by atoms with van der Waals surface area (Å²) in [6.07, 6.45) is 4.63. The molecule has 0 aromatic carbocycles. The van der Waals surface area contributed by atoms with E-state index in [0.29, 0.717) is 6.04 Å². The van der Waals surface area contributed by atoms with Gasteiger partial charge in [-0.15, -0.1) is 0 Å². The highest BCUT2D eigenvalue weighted by Crippen LogP contribution is 2.28. The van der Waals surface area contributed by atoms with E-state index in [1.165, 1.54) is 19.4 Å². The number of hydrogen-bond acceptors (Lipinski definition) is 4. The van der Waals surface area contributed by atoms with E-state index in [1.807, 2.05) is 6.20 Å². The molecule has 0 aliphatic carbocycles. The van der Waals surface area contributed by atoms with Crippen LogP contribution in [0.15, 0.2) is 6.20 Å². The van der Waals surface area contributed by atoms with Crippen molar-refractivity contribution in [3.8, 4) is 0 Å². The van der Waals surface area contributed by atoms with E-state index >= 15 is 0 Å². The number of imidazole rings is 1. The third-order valence-corrected chi connectivity index (χ3v) is 3.91. The van der Waals surface area contributed by atoms with Gasteiger partial charge in [-0.05, 0) is 25.9 Å². The van der Waals surface area contributed by atoms with Crippen molar-refractivity contribution >= 4 is 0 Å². The summed E-state index contributed by atoms with van der Waals surface area (Å²) in [6.45, 7) is 6.99. The smallest absolute Gasteiger partial charge is 0.136 e. The number of nitrogens with zero attached hydrogens (tertiary/aromatic N) is 2. The highest BCUT2D eigenvalue weighted by atomic mass is 16.5. The molecular weight excluding hydrogens is 228 g/mol. The highest BCUT2D eigenvalue weighted by molar-refractivity contribution is 5.05. The van der Waals surface area contributed by atoms with Gasteiger partial charge in [-0.1, -0.05) is 6.92 Å². The molecule has 100 valence electrons. The molecule has 2 aliphatic heterocycles. The topological polar surface area (TPSA) is 53.2 Å². The molecule has 2 atom stereocenters. The van der Waals surface area contributed by atoms with Gasteiger partial charge in [0, 0.05) is 31.0 Å². The standard InChI is InChI=1S/C13H22N4O/c1-2-14-6-10-7-15-13(16-10)12-8-17-5-3-4-11(17)9-18-12/h7,11-12,14H,2-6,8-9H2,1H3,(H,15,16). The van der Waals surface area contributed by atoms with Crippen LogP contribution in [0.3, 0.4) is 0 Å². The molecule has 3 heterocycles. The Bertz CT molecular complexity index is 392. The molecule has 0 saturated carbocycles. The Morgan fingerprint density at radius 2 is 2.56 bits per heavy atom. The fraction of sp³-hybridized carbons (Fsp3) is 0.769. The van der Waals surface area contributed by atoms with E-state index < -0.39 is 0 Å². The largest absolute Gasteiger partial charge is 0.367 e. The molecule has 1 aromatic rings. The summed E-state index contributed by atoms with van der Waals surface area (Å²) in [5.41, 5.74) is 1.14. The van der Waals surface area contributed by atoms with E-state index in [9.17, 15) is 0 Å². The van der Waals surface area contributed by atoms with Gasteiger partial charge < -0.3 is 15.0 Å². The second-order valence-corrected chi connectivity index (χ2v) is 5.19. The predicted octanol–water partition coefficient (Wildman–Crippen LogP) is 1.05. The molecule has 0 spiro atoms. The van der Waals surface area contributed by atoms with Gasteiger partial charge in [0.2, 0.25) is 0 Å². The number of H-pyrrole nitrogens is 1. The van der Waals surface area contributed by atoms with E-state index in [-0.39, 0.29) is 6.10 Å². The normalized spacial score (nSPS) is 28.5. The number of rotatable bonds is 4. The molecule has 3 rings (SSSR count). The van der Waals surface area contributed by atoms with Crippen molar-refractivity contribution in [3.63, 3.8) is 0 Å². The first-order valence-corrected chi connectivity index (χ1v) is 6.97. The lowest BCUT2D eigenvalue weighted by Crippen LogP contribution is -2.42. The summed E-state index contributed by atoms with van der Waals surface area (Å²) in [6, 6.07) is 0.650. The van der Waals surface area contributed by atoms with Crippen molar-refractivity contribution in [2.75, 3.05) is 26.2 Å². The number of nitrogens with one attached hydrogen (secondary N) is 2. The zero-order valence-corrected chi connectivity index (χ0v) is 11.0. The van der Waals surface area contributed by atoms with Crippen LogP contribution >= 0.6 is 0 Å². The van der Waals surface area contributed by atoms with Crippen molar-refractivity contribution in [1.29, 1.82) is 0 Å². The number of hydrogen-bond donors (Lipinski definition) is 2. The van der Waals surface area contributed by atoms with Gasteiger partial charge in [0.1, 0.15) is 11.9 Å². The SMILES string of the molecule is CCNCc1cnc(C2CN3CCCC3CO2)[nH]1. The molecular formula is C13H22N4O. The second-order valence-electron chi connectivity index (χ2n) is 5.19. The molecule has 5 heteroatoms. The van der Waals surface area contributed by atoms with Crippen molar-refractivity contribution < 1.29 is 4.74 Å². The van der Waals surface area contributed by atoms with Gasteiger partial charge >= 0.3 is 0 Å². The van der Waals surface area contributed by atoms with Gasteiger partial charge in [0.15, 0.2) is 0 Å². The van der Waals surface area contributed by atoms with Crippen LogP contribution in [0.25, 0.3) is 0 Å². The number of aromatic amines is 1. The van der Waals surface area contributed by atoms with Gasteiger partial charge in [-0.2, -0.15) is 0 Å². The molecule has 1 aromatic heterocycles. The first kappa shape index (κ1) is 12.1. The van der Waals surface area contributed by atoms with E-state index in [4.69, 9.17) is 4.74 Å². The van der Waals surface area contributed by atoms with Crippen LogP contribution < -0.4 is 5.32 Å². The summed E-state index contributed by atoms with van der Waals surface area (Å²) < 4.78 is 5.94. The summed E-state index contributed by atoms with van der Waals surface area (Å²) in [4.78, 5) is 10.4. The lowest BCUT2D eigenvalue weighted by molar-refractivity contribution is -0.0538. The Kier molecular flexibility index (Phi) is 3.63. The quantitative estimate of drug-likeness (QED) is 0.839. The molecule has 2 fully saturated rings. The van der Waals surface area contributed by atoms with Crippen molar-refractivity contribution in [2.24, 2.45) is 0 Å². The molecule has 2 unspecified atom stereocenters. The summed E-state index contributed by atoms with van der Waals surface area (Å²) in [7, 11) is 0. The van der Waals surface area contributed by atoms with E-state index in [2.05, 4.69) is 27.1 Å². The van der Waals surface area contributed by atoms with E-state index in [0.717, 1.165) is 37.8 Å². The first-order valence-electron chi connectivity index (χ1n) is 6.97. The lowest BCUT2D eigenvalue weighted by atomic mass is 10.2. The van der Waals surface area contributed by atoms with Gasteiger partial charge in [-0.3, -0.25) is 4.90 Å². The fourth-order valence-electron chi connectivity index (χ4n) is 2.87. The maximum absolute atomic E-state index is 5.94. The summed E-state index contributed by atoms with van der Waals surface area (Å²) in [5.74, 6) is 0.980. The monoisotopic (exact) mass is 250 g/mol. The van der Waals surface area contributed by atoms with Crippen LogP contribution in [-0.2, 0) is 11.3 Å². The number of fused-ring (bicyclic) bond motifs is 1. The van der Waals surface area contributed by atoms with Gasteiger partial charge in [-0.25, -0.2) is 4.98 Å². The maximum atomic E-state index is 5.94. The minimum atomic E-state index is 0.120. The molecule has 18 heavy (non-hydrogen) atoms. The average Bonchev–Trinajstić information content (AvgIpc) is 3.04. The van der Waals surface area contributed by atoms with Crippen molar-refractivity contribution in [3.05, 3.63) is 17.7 Å². The minimum absolute atomic E-state index is 0.120. The number of ether oxygens (including phenoxy) is 1. The zero-order chi connectivity index (χ0) is 12.4. The van der Waals surface area contributed by atoms with Crippen LogP contribution in [0.4, 0.5) is 0 Å². The van der Waals surface area contributed by atoms with Crippen LogP contribution in [0.1, 0.15) is 37.4 Å². The number of morpholine rings is 1. The summed E-state index contributed by atoms with van der Waals surface area (Å²) >= 11 is 0. The minimum Gasteiger partial charge on any atom is -0.367 e. The maximum Gasteiger partial charge on any atom is 0.136 e. The summed E-state index contributed by atoms with van der Waals surface area (Å²) in [5, 5.41) is 3.30. The Labute approximate surface area is 108 Å². The Balaban J connectivity index is 1.62. The third-order valence-electron chi connectivity index (χ3n) is 3.91. The van der Waals surface area contributed by atoms with Gasteiger partial charge in [0.05, 0.1) is 6.61 Å². The van der Waals surface area contributed by atoms with Crippen molar-refractivity contribution in [2.45, 2.75) is 38.5 Å². The Morgan fingerprint density at radius 3 is 3.44 bits per heavy atom. The van der Waals surface area contributed by atoms with E-state index in [1.54, 1.807) is 0 Å². The molecule has 2 aliphatic rings. The molecule has 2 saturated heterocycles. The Hall–Kier alpha value is -0.910. The predicted molar refractivity (Wildman–Crippen MR) is 69.3 cm³/mol. The number of aromatic nitrogens is 2. The first-order chi connectivity index (χ1) is 8.86. The average molecular weight is 250 g/mol. The van der Waals surface area contributed by atoms with Gasteiger partial charge in [0.25, 0.3) is 0 Å². The fourth-order valence-corrected chi connectivity index (χ4v) is 2.87. The molecule has 5 nitrogen and oxygen atoms in total. The molecule has 0 amide bonds. The Morgan fingerprint density at radius 1 is 1.61 bits per heavy atom. The highest BCUT2D eigenvalue weighted by Gasteiger charge is 2.33. The van der Waals surface area contributed by atoms with Crippen LogP contribution in [0, 0.1) is 0 Å². The molecule has 2 N–H and O–H groups in total. The van der Waals surface area contributed by atoms with Crippen LogP contribution in [-0.4, -0.2) is 47.2 Å². The second kappa shape index (κ2) is 5.38. The molecule has 0 radical (unpaired) electrons.